The van der Waals surface area contributed by atoms with Crippen LogP contribution < -0.4 is 5.73 Å². The Kier molecular flexibility index (Phi) is 4.28. The minimum Gasteiger partial charge on any atom is -0.384 e. The van der Waals surface area contributed by atoms with Crippen molar-refractivity contribution in [1.29, 1.82) is 0 Å². The zero-order valence-corrected chi connectivity index (χ0v) is 10.6. The Bertz CT molecular complexity index is 396. The van der Waals surface area contributed by atoms with E-state index in [4.69, 9.17) is 10.5 Å². The first-order valence-electron chi connectivity index (χ1n) is 6.10. The summed E-state index contributed by atoms with van der Waals surface area (Å²) in [4.78, 5) is 17.7. The highest BCUT2D eigenvalue weighted by Gasteiger charge is 2.36. The lowest BCUT2D eigenvalue weighted by Gasteiger charge is -2.15. The summed E-state index contributed by atoms with van der Waals surface area (Å²) in [6, 6.07) is 3.96. The molecule has 0 saturated carbocycles. The predicted molar refractivity (Wildman–Crippen MR) is 67.6 cm³/mol. The average Bonchev–Trinajstić information content (AvgIpc) is 2.74. The molecule has 1 aromatic heterocycles. The summed E-state index contributed by atoms with van der Waals surface area (Å²) in [7, 11) is 1.65. The van der Waals surface area contributed by atoms with Crippen molar-refractivity contribution in [2.75, 3.05) is 26.8 Å². The summed E-state index contributed by atoms with van der Waals surface area (Å²) >= 11 is 0. The van der Waals surface area contributed by atoms with Crippen molar-refractivity contribution in [3.8, 4) is 0 Å². The summed E-state index contributed by atoms with van der Waals surface area (Å²) in [5.74, 6) is -0.142. The number of hydrogen-bond acceptors (Lipinski definition) is 4. The number of primary amides is 1. The van der Waals surface area contributed by atoms with E-state index in [2.05, 4.69) is 9.88 Å². The number of carbonyl (C=O) groups is 1. The molecule has 5 heteroatoms. The van der Waals surface area contributed by atoms with Gasteiger partial charge in [0.05, 0.1) is 12.5 Å². The van der Waals surface area contributed by atoms with Crippen molar-refractivity contribution < 1.29 is 9.53 Å². The van der Waals surface area contributed by atoms with Gasteiger partial charge in [0.15, 0.2) is 0 Å². The van der Waals surface area contributed by atoms with E-state index in [0.29, 0.717) is 13.2 Å². The van der Waals surface area contributed by atoms with Crippen LogP contribution in [0.15, 0.2) is 24.5 Å². The molecule has 2 N–H and O–H groups in total. The minimum atomic E-state index is -0.231. The van der Waals surface area contributed by atoms with Gasteiger partial charge in [-0.15, -0.1) is 0 Å². The van der Waals surface area contributed by atoms with Gasteiger partial charge in [-0.3, -0.25) is 14.7 Å². The smallest absolute Gasteiger partial charge is 0.222 e. The van der Waals surface area contributed by atoms with Gasteiger partial charge in [0.1, 0.15) is 0 Å². The number of pyridine rings is 1. The summed E-state index contributed by atoms with van der Waals surface area (Å²) in [5.41, 5.74) is 6.59. The lowest BCUT2D eigenvalue weighted by atomic mass is 9.96. The van der Waals surface area contributed by atoms with E-state index in [1.54, 1.807) is 13.3 Å². The molecule has 0 spiro atoms. The van der Waals surface area contributed by atoms with Gasteiger partial charge in [0.2, 0.25) is 5.91 Å². The maximum atomic E-state index is 11.4. The highest BCUT2D eigenvalue weighted by Crippen LogP contribution is 2.24. The Morgan fingerprint density at radius 3 is 3.06 bits per heavy atom. The molecule has 1 saturated heterocycles. The Balaban J connectivity index is 1.98. The van der Waals surface area contributed by atoms with E-state index in [1.165, 1.54) is 0 Å². The fourth-order valence-electron chi connectivity index (χ4n) is 2.54. The molecular formula is C13H19N3O2. The fraction of sp³-hybridized carbons (Fsp3) is 0.538. The number of carbonyl (C=O) groups excluding carboxylic acids is 1. The van der Waals surface area contributed by atoms with Gasteiger partial charge >= 0.3 is 0 Å². The number of hydrogen-bond donors (Lipinski definition) is 1. The largest absolute Gasteiger partial charge is 0.384 e. The zero-order chi connectivity index (χ0) is 13.0. The van der Waals surface area contributed by atoms with Crippen LogP contribution >= 0.6 is 0 Å². The van der Waals surface area contributed by atoms with E-state index in [0.717, 1.165) is 18.7 Å². The van der Waals surface area contributed by atoms with Crippen molar-refractivity contribution in [3.63, 3.8) is 0 Å². The van der Waals surface area contributed by atoms with Crippen molar-refractivity contribution >= 4 is 5.91 Å². The minimum absolute atomic E-state index is 0.110. The van der Waals surface area contributed by atoms with Crippen molar-refractivity contribution in [1.82, 2.24) is 9.88 Å². The molecule has 0 unspecified atom stereocenters. The van der Waals surface area contributed by atoms with Crippen LogP contribution in [-0.2, 0) is 16.1 Å². The van der Waals surface area contributed by atoms with Crippen molar-refractivity contribution in [2.24, 2.45) is 17.6 Å². The van der Waals surface area contributed by atoms with Gasteiger partial charge in [-0.1, -0.05) is 6.07 Å². The molecule has 1 aliphatic heterocycles. The number of likely N-dealkylation sites (tertiary alicyclic amines) is 1. The van der Waals surface area contributed by atoms with Gasteiger partial charge < -0.3 is 10.5 Å². The Morgan fingerprint density at radius 2 is 2.44 bits per heavy atom. The van der Waals surface area contributed by atoms with Crippen LogP contribution in [0.3, 0.4) is 0 Å². The predicted octanol–water partition coefficient (Wildman–Crippen LogP) is 0.261. The molecule has 18 heavy (non-hydrogen) atoms. The van der Waals surface area contributed by atoms with Gasteiger partial charge in [-0.2, -0.15) is 0 Å². The summed E-state index contributed by atoms with van der Waals surface area (Å²) < 4.78 is 5.16. The number of nitrogens with zero attached hydrogens (tertiary/aromatic N) is 2. The van der Waals surface area contributed by atoms with E-state index in [9.17, 15) is 4.79 Å². The van der Waals surface area contributed by atoms with E-state index in [1.807, 2.05) is 18.3 Å². The lowest BCUT2D eigenvalue weighted by molar-refractivity contribution is -0.123. The molecule has 2 rings (SSSR count). The first-order chi connectivity index (χ1) is 8.70. The molecule has 98 valence electrons. The van der Waals surface area contributed by atoms with E-state index in [-0.39, 0.29) is 17.7 Å². The van der Waals surface area contributed by atoms with E-state index < -0.39 is 0 Å². The van der Waals surface area contributed by atoms with Crippen LogP contribution in [0.4, 0.5) is 0 Å². The quantitative estimate of drug-likeness (QED) is 0.813. The fourth-order valence-corrected chi connectivity index (χ4v) is 2.54. The third kappa shape index (κ3) is 3.05. The van der Waals surface area contributed by atoms with Crippen LogP contribution in [0.5, 0.6) is 0 Å². The zero-order valence-electron chi connectivity index (χ0n) is 10.6. The monoisotopic (exact) mass is 249 g/mol. The number of aromatic nitrogens is 1. The number of rotatable bonds is 5. The Hall–Kier alpha value is -1.46. The van der Waals surface area contributed by atoms with Crippen LogP contribution in [0.1, 0.15) is 5.56 Å². The number of ether oxygens (including phenoxy) is 1. The van der Waals surface area contributed by atoms with Crippen molar-refractivity contribution in [2.45, 2.75) is 6.54 Å². The number of methoxy groups -OCH3 is 1. The number of nitrogens with two attached hydrogens (primary N) is 1. The first kappa shape index (κ1) is 13.0. The topological polar surface area (TPSA) is 68.4 Å². The summed E-state index contributed by atoms with van der Waals surface area (Å²) in [6.07, 6.45) is 3.61. The molecule has 2 heterocycles. The van der Waals surface area contributed by atoms with Crippen LogP contribution in [0, 0.1) is 11.8 Å². The molecule has 0 bridgehead atoms. The summed E-state index contributed by atoms with van der Waals surface area (Å²) in [5, 5.41) is 0. The number of amides is 1. The lowest BCUT2D eigenvalue weighted by Crippen LogP contribution is -2.31. The average molecular weight is 249 g/mol. The molecule has 1 fully saturated rings. The molecule has 1 aliphatic rings. The standard InChI is InChI=1S/C13H19N3O2/c1-18-9-11-7-16(8-12(11)13(14)17)6-10-3-2-4-15-5-10/h2-5,11-12H,6-9H2,1H3,(H2,14,17)/t11-,12+/m0/s1. The third-order valence-electron chi connectivity index (χ3n) is 3.39. The third-order valence-corrected chi connectivity index (χ3v) is 3.39. The van der Waals surface area contributed by atoms with E-state index >= 15 is 0 Å². The molecule has 0 aliphatic carbocycles. The van der Waals surface area contributed by atoms with Gasteiger partial charge in [-0.05, 0) is 11.6 Å². The Morgan fingerprint density at radius 1 is 1.61 bits per heavy atom. The molecule has 1 aromatic rings. The van der Waals surface area contributed by atoms with Crippen LogP contribution in [0.2, 0.25) is 0 Å². The Labute approximate surface area is 107 Å². The van der Waals surface area contributed by atoms with Gasteiger partial charge in [-0.25, -0.2) is 0 Å². The molecule has 0 aromatic carbocycles. The molecule has 0 radical (unpaired) electrons. The highest BCUT2D eigenvalue weighted by atomic mass is 16.5. The SMILES string of the molecule is COC[C@@H]1CN(Cc2cccnc2)C[C@H]1C(N)=O. The van der Waals surface area contributed by atoms with Crippen LogP contribution in [-0.4, -0.2) is 42.6 Å². The van der Waals surface area contributed by atoms with Crippen molar-refractivity contribution in [3.05, 3.63) is 30.1 Å². The second-order valence-corrected chi connectivity index (χ2v) is 4.78. The highest BCUT2D eigenvalue weighted by molar-refractivity contribution is 5.77. The molecular weight excluding hydrogens is 230 g/mol. The van der Waals surface area contributed by atoms with Gasteiger partial charge in [0, 0.05) is 45.1 Å². The molecule has 2 atom stereocenters. The maximum absolute atomic E-state index is 11.4. The van der Waals surface area contributed by atoms with Gasteiger partial charge in [0.25, 0.3) is 0 Å². The molecule has 5 nitrogen and oxygen atoms in total. The maximum Gasteiger partial charge on any atom is 0.222 e. The second-order valence-electron chi connectivity index (χ2n) is 4.78. The first-order valence-corrected chi connectivity index (χ1v) is 6.10. The second kappa shape index (κ2) is 5.93. The summed E-state index contributed by atoms with van der Waals surface area (Å²) in [6.45, 7) is 2.93. The normalized spacial score (nSPS) is 24.3. The van der Waals surface area contributed by atoms with Crippen LogP contribution in [0.25, 0.3) is 0 Å². The molecule has 1 amide bonds.